The highest BCUT2D eigenvalue weighted by Gasteiger charge is 2.15. The molecule has 1 aromatic rings. The van der Waals surface area contributed by atoms with Crippen LogP contribution in [0.4, 0.5) is 4.39 Å². The first-order valence-corrected chi connectivity index (χ1v) is 4.01. The molecule has 2 nitrogen and oxygen atoms in total. The van der Waals surface area contributed by atoms with Crippen molar-refractivity contribution in [1.29, 1.82) is 0 Å². The molecule has 1 N–H and O–H groups in total. The van der Waals surface area contributed by atoms with Crippen LogP contribution in [0.3, 0.4) is 0 Å². The molecule has 0 aromatic heterocycles. The minimum atomic E-state index is -0.894. The number of aliphatic carboxylic acids is 1. The summed E-state index contributed by atoms with van der Waals surface area (Å²) in [6.07, 6.45) is 0. The summed E-state index contributed by atoms with van der Waals surface area (Å²) < 4.78 is 12.7. The summed E-state index contributed by atoms with van der Waals surface area (Å²) in [6, 6.07) is 4.14. The van der Waals surface area contributed by atoms with E-state index in [0.717, 1.165) is 0 Å². The molecule has 0 fully saturated rings. The molecule has 0 spiro atoms. The van der Waals surface area contributed by atoms with Gasteiger partial charge in [-0.15, -0.1) is 0 Å². The van der Waals surface area contributed by atoms with E-state index in [1.54, 1.807) is 13.8 Å². The highest BCUT2D eigenvalue weighted by atomic mass is 19.1. The van der Waals surface area contributed by atoms with Crippen molar-refractivity contribution in [3.63, 3.8) is 0 Å². The molecule has 0 radical (unpaired) electrons. The van der Waals surface area contributed by atoms with Crippen molar-refractivity contribution < 1.29 is 14.3 Å². The summed E-state index contributed by atoms with van der Waals surface area (Å²) in [7, 11) is 0. The number of carboxylic acid groups (broad SMARTS) is 1. The first-order valence-electron chi connectivity index (χ1n) is 4.01. The van der Waals surface area contributed by atoms with Crippen LogP contribution in [0.15, 0.2) is 18.2 Å². The molecular formula is C10H11FO2. The van der Waals surface area contributed by atoms with Crippen LogP contribution in [-0.4, -0.2) is 11.1 Å². The molecule has 3 heteroatoms. The summed E-state index contributed by atoms with van der Waals surface area (Å²) in [5.41, 5.74) is 1.34. The van der Waals surface area contributed by atoms with Gasteiger partial charge in [0.15, 0.2) is 0 Å². The van der Waals surface area contributed by atoms with Crippen LogP contribution in [0, 0.1) is 12.7 Å². The number of carbonyl (C=O) groups is 1. The van der Waals surface area contributed by atoms with Gasteiger partial charge in [-0.05, 0) is 37.1 Å². The maximum absolute atomic E-state index is 12.7. The molecule has 0 heterocycles. The zero-order valence-corrected chi connectivity index (χ0v) is 7.54. The molecule has 1 rings (SSSR count). The van der Waals surface area contributed by atoms with Gasteiger partial charge in [0.2, 0.25) is 0 Å². The zero-order valence-electron chi connectivity index (χ0n) is 7.54. The Morgan fingerprint density at radius 3 is 2.62 bits per heavy atom. The van der Waals surface area contributed by atoms with E-state index in [0.29, 0.717) is 11.1 Å². The Morgan fingerprint density at radius 2 is 2.15 bits per heavy atom. The summed E-state index contributed by atoms with van der Waals surface area (Å²) in [6.45, 7) is 3.29. The predicted molar refractivity (Wildman–Crippen MR) is 47.2 cm³/mol. The lowest BCUT2D eigenvalue weighted by atomic mass is 9.97. The molecule has 70 valence electrons. The van der Waals surface area contributed by atoms with Gasteiger partial charge in [0.05, 0.1) is 5.92 Å². The minimum Gasteiger partial charge on any atom is -0.481 e. The van der Waals surface area contributed by atoms with Gasteiger partial charge in [-0.3, -0.25) is 4.79 Å². The molecule has 0 aliphatic heterocycles. The molecule has 0 aliphatic carbocycles. The molecular weight excluding hydrogens is 171 g/mol. The van der Waals surface area contributed by atoms with Gasteiger partial charge in [0.1, 0.15) is 5.82 Å². The Hall–Kier alpha value is -1.38. The topological polar surface area (TPSA) is 37.3 Å². The first-order chi connectivity index (χ1) is 6.02. The van der Waals surface area contributed by atoms with Gasteiger partial charge in [-0.2, -0.15) is 0 Å². The third-order valence-corrected chi connectivity index (χ3v) is 2.07. The summed E-state index contributed by atoms with van der Waals surface area (Å²) in [5.74, 6) is -1.81. The van der Waals surface area contributed by atoms with Crippen molar-refractivity contribution in [2.45, 2.75) is 19.8 Å². The van der Waals surface area contributed by atoms with Gasteiger partial charge in [0, 0.05) is 0 Å². The van der Waals surface area contributed by atoms with E-state index in [1.165, 1.54) is 18.2 Å². The van der Waals surface area contributed by atoms with Crippen molar-refractivity contribution in [2.24, 2.45) is 0 Å². The fraction of sp³-hybridized carbons (Fsp3) is 0.300. The Kier molecular flexibility index (Phi) is 2.66. The summed E-state index contributed by atoms with van der Waals surface area (Å²) in [5, 5.41) is 8.74. The van der Waals surface area contributed by atoms with E-state index in [1.807, 2.05) is 0 Å². The number of hydrogen-bond acceptors (Lipinski definition) is 1. The van der Waals surface area contributed by atoms with Crippen LogP contribution in [0.1, 0.15) is 24.0 Å². The van der Waals surface area contributed by atoms with Crippen LogP contribution in [0.2, 0.25) is 0 Å². The number of benzene rings is 1. The summed E-state index contributed by atoms with van der Waals surface area (Å²) in [4.78, 5) is 10.6. The molecule has 1 unspecified atom stereocenters. The second kappa shape index (κ2) is 3.56. The molecule has 0 saturated carbocycles. The third kappa shape index (κ3) is 2.05. The first kappa shape index (κ1) is 9.71. The third-order valence-electron chi connectivity index (χ3n) is 2.07. The number of hydrogen-bond donors (Lipinski definition) is 1. The fourth-order valence-corrected chi connectivity index (χ4v) is 1.26. The van der Waals surface area contributed by atoms with E-state index >= 15 is 0 Å². The summed E-state index contributed by atoms with van der Waals surface area (Å²) >= 11 is 0. The van der Waals surface area contributed by atoms with E-state index in [4.69, 9.17) is 5.11 Å². The number of rotatable bonds is 2. The molecule has 0 amide bonds. The smallest absolute Gasteiger partial charge is 0.310 e. The van der Waals surface area contributed by atoms with Gasteiger partial charge in [-0.25, -0.2) is 4.39 Å². The van der Waals surface area contributed by atoms with Crippen LogP contribution in [0.25, 0.3) is 0 Å². The molecule has 0 aliphatic rings. The lowest BCUT2D eigenvalue weighted by Gasteiger charge is -2.09. The SMILES string of the molecule is Cc1cc(F)ccc1C(C)C(=O)O. The molecule has 0 bridgehead atoms. The van der Waals surface area contributed by atoms with Crippen molar-refractivity contribution in [2.75, 3.05) is 0 Å². The quantitative estimate of drug-likeness (QED) is 0.762. The molecule has 1 aromatic carbocycles. The average molecular weight is 182 g/mol. The van der Waals surface area contributed by atoms with Crippen molar-refractivity contribution in [3.8, 4) is 0 Å². The fourth-order valence-electron chi connectivity index (χ4n) is 1.26. The Bertz CT molecular complexity index is 334. The Morgan fingerprint density at radius 1 is 1.54 bits per heavy atom. The number of halogens is 1. The van der Waals surface area contributed by atoms with Crippen molar-refractivity contribution >= 4 is 5.97 Å². The zero-order chi connectivity index (χ0) is 10.0. The van der Waals surface area contributed by atoms with Gasteiger partial charge < -0.3 is 5.11 Å². The van der Waals surface area contributed by atoms with Gasteiger partial charge in [-0.1, -0.05) is 6.07 Å². The second-order valence-corrected chi connectivity index (χ2v) is 3.06. The van der Waals surface area contributed by atoms with Crippen LogP contribution in [0.5, 0.6) is 0 Å². The number of carboxylic acids is 1. The normalized spacial score (nSPS) is 12.5. The van der Waals surface area contributed by atoms with Gasteiger partial charge >= 0.3 is 5.97 Å². The highest BCUT2D eigenvalue weighted by Crippen LogP contribution is 2.20. The monoisotopic (exact) mass is 182 g/mol. The average Bonchev–Trinajstić information content (AvgIpc) is 2.03. The maximum Gasteiger partial charge on any atom is 0.310 e. The van der Waals surface area contributed by atoms with E-state index in [9.17, 15) is 9.18 Å². The van der Waals surface area contributed by atoms with Crippen LogP contribution < -0.4 is 0 Å². The van der Waals surface area contributed by atoms with Crippen LogP contribution in [-0.2, 0) is 4.79 Å². The van der Waals surface area contributed by atoms with Gasteiger partial charge in [0.25, 0.3) is 0 Å². The predicted octanol–water partition coefficient (Wildman–Crippen LogP) is 2.32. The van der Waals surface area contributed by atoms with E-state index in [-0.39, 0.29) is 5.82 Å². The van der Waals surface area contributed by atoms with E-state index in [2.05, 4.69) is 0 Å². The number of aryl methyl sites for hydroxylation is 1. The standard InChI is InChI=1S/C10H11FO2/c1-6-5-8(11)3-4-9(6)7(2)10(12)13/h3-5,7H,1-2H3,(H,12,13). The molecule has 1 atom stereocenters. The molecule has 0 saturated heterocycles. The molecule has 13 heavy (non-hydrogen) atoms. The minimum absolute atomic E-state index is 0.334. The highest BCUT2D eigenvalue weighted by molar-refractivity contribution is 5.76. The Labute approximate surface area is 76.0 Å². The van der Waals surface area contributed by atoms with Crippen LogP contribution >= 0.6 is 0 Å². The lowest BCUT2D eigenvalue weighted by molar-refractivity contribution is -0.138. The second-order valence-electron chi connectivity index (χ2n) is 3.06. The Balaban J connectivity index is 3.08. The van der Waals surface area contributed by atoms with Crippen molar-refractivity contribution in [1.82, 2.24) is 0 Å². The van der Waals surface area contributed by atoms with Crippen molar-refractivity contribution in [3.05, 3.63) is 35.1 Å². The maximum atomic E-state index is 12.7. The van der Waals surface area contributed by atoms with E-state index < -0.39 is 11.9 Å². The lowest BCUT2D eigenvalue weighted by Crippen LogP contribution is -2.08. The largest absolute Gasteiger partial charge is 0.481 e.